The maximum absolute atomic E-state index is 14.0. The zero-order valence-electron chi connectivity index (χ0n) is 14.0. The second kappa shape index (κ2) is 8.11. The number of hydrogen-bond acceptors (Lipinski definition) is 2. The van der Waals surface area contributed by atoms with Crippen molar-refractivity contribution in [2.45, 2.75) is 58.0 Å². The van der Waals surface area contributed by atoms with E-state index in [0.717, 1.165) is 32.1 Å². The largest absolute Gasteiger partial charge is 0.342 e. The standard InChI is InChI=1S/C18H26ClFN2O/c1-3-22(4-2)17(23)18(11-6-5-7-12-18)21-13-14-15(19)9-8-10-16(14)20/h8-10,21H,3-7,11-13H2,1-2H3. The molecule has 0 aliphatic heterocycles. The van der Waals surface area contributed by atoms with Gasteiger partial charge in [-0.1, -0.05) is 36.9 Å². The lowest BCUT2D eigenvalue weighted by molar-refractivity contribution is -0.139. The van der Waals surface area contributed by atoms with Gasteiger partial charge in [-0.15, -0.1) is 0 Å². The van der Waals surface area contributed by atoms with Gasteiger partial charge in [0.15, 0.2) is 0 Å². The minimum atomic E-state index is -0.587. The van der Waals surface area contributed by atoms with E-state index in [1.54, 1.807) is 12.1 Å². The monoisotopic (exact) mass is 340 g/mol. The predicted octanol–water partition coefficient (Wildman–Crippen LogP) is 4.14. The third-order valence-corrected chi connectivity index (χ3v) is 5.19. The molecule has 0 bridgehead atoms. The molecule has 5 heteroatoms. The van der Waals surface area contributed by atoms with Crippen molar-refractivity contribution in [1.29, 1.82) is 0 Å². The van der Waals surface area contributed by atoms with Gasteiger partial charge in [0.1, 0.15) is 5.82 Å². The van der Waals surface area contributed by atoms with Gasteiger partial charge in [0.25, 0.3) is 0 Å². The van der Waals surface area contributed by atoms with Crippen molar-refractivity contribution < 1.29 is 9.18 Å². The van der Waals surface area contributed by atoms with Gasteiger partial charge in [-0.05, 0) is 38.8 Å². The first-order chi connectivity index (χ1) is 11.0. The van der Waals surface area contributed by atoms with Gasteiger partial charge < -0.3 is 4.90 Å². The van der Waals surface area contributed by atoms with Gasteiger partial charge in [0.2, 0.25) is 5.91 Å². The molecular formula is C18H26ClFN2O. The molecule has 0 saturated heterocycles. The first-order valence-electron chi connectivity index (χ1n) is 8.51. The van der Waals surface area contributed by atoms with Crippen LogP contribution >= 0.6 is 11.6 Å². The van der Waals surface area contributed by atoms with Crippen molar-refractivity contribution in [1.82, 2.24) is 10.2 Å². The Morgan fingerprint density at radius 3 is 2.48 bits per heavy atom. The van der Waals surface area contributed by atoms with Gasteiger partial charge in [0, 0.05) is 30.2 Å². The molecule has 1 N–H and O–H groups in total. The molecule has 0 aromatic heterocycles. The lowest BCUT2D eigenvalue weighted by Crippen LogP contribution is -2.58. The molecule has 0 unspecified atom stereocenters. The lowest BCUT2D eigenvalue weighted by Gasteiger charge is -2.40. The van der Waals surface area contributed by atoms with Gasteiger partial charge in [0.05, 0.1) is 5.54 Å². The van der Waals surface area contributed by atoms with Gasteiger partial charge in [-0.25, -0.2) is 4.39 Å². The number of carbonyl (C=O) groups excluding carboxylic acids is 1. The molecule has 0 radical (unpaired) electrons. The molecule has 3 nitrogen and oxygen atoms in total. The summed E-state index contributed by atoms with van der Waals surface area (Å²) in [4.78, 5) is 14.9. The highest BCUT2D eigenvalue weighted by Crippen LogP contribution is 2.31. The molecule has 0 heterocycles. The summed E-state index contributed by atoms with van der Waals surface area (Å²) in [5.41, 5.74) is -0.151. The Balaban J connectivity index is 2.20. The van der Waals surface area contributed by atoms with Crippen LogP contribution in [0.1, 0.15) is 51.5 Å². The number of rotatable bonds is 6. The molecular weight excluding hydrogens is 315 g/mol. The van der Waals surface area contributed by atoms with E-state index in [1.807, 2.05) is 18.7 Å². The van der Waals surface area contributed by atoms with Crippen LogP contribution in [0, 0.1) is 5.82 Å². The van der Waals surface area contributed by atoms with Crippen LogP contribution in [0.5, 0.6) is 0 Å². The number of likely N-dealkylation sites (N-methyl/N-ethyl adjacent to an activating group) is 1. The second-order valence-electron chi connectivity index (χ2n) is 6.17. The van der Waals surface area contributed by atoms with E-state index in [-0.39, 0.29) is 18.3 Å². The molecule has 0 atom stereocenters. The van der Waals surface area contributed by atoms with Gasteiger partial charge in [-0.2, -0.15) is 0 Å². The lowest BCUT2D eigenvalue weighted by atomic mass is 9.80. The summed E-state index contributed by atoms with van der Waals surface area (Å²) in [7, 11) is 0. The van der Waals surface area contributed by atoms with Crippen molar-refractivity contribution in [2.75, 3.05) is 13.1 Å². The van der Waals surface area contributed by atoms with Gasteiger partial charge >= 0.3 is 0 Å². The predicted molar refractivity (Wildman–Crippen MR) is 92.0 cm³/mol. The number of hydrogen-bond donors (Lipinski definition) is 1. The van der Waals surface area contributed by atoms with E-state index in [1.165, 1.54) is 6.07 Å². The quantitative estimate of drug-likeness (QED) is 0.844. The second-order valence-corrected chi connectivity index (χ2v) is 6.58. The fourth-order valence-electron chi connectivity index (χ4n) is 3.39. The normalized spacial score (nSPS) is 17.0. The summed E-state index contributed by atoms with van der Waals surface area (Å²) < 4.78 is 14.0. The van der Waals surface area contributed by atoms with E-state index in [4.69, 9.17) is 11.6 Å². The van der Waals surface area contributed by atoms with Crippen molar-refractivity contribution in [2.24, 2.45) is 0 Å². The molecule has 1 fully saturated rings. The Labute approximate surface area is 143 Å². The average Bonchev–Trinajstić information content (AvgIpc) is 2.56. The maximum atomic E-state index is 14.0. The first-order valence-corrected chi connectivity index (χ1v) is 8.89. The summed E-state index contributed by atoms with van der Waals surface area (Å²) in [5, 5.41) is 3.77. The average molecular weight is 341 g/mol. The van der Waals surface area contributed by atoms with E-state index in [9.17, 15) is 9.18 Å². The minimum absolute atomic E-state index is 0.134. The number of nitrogens with zero attached hydrogens (tertiary/aromatic N) is 1. The van der Waals surface area contributed by atoms with Crippen molar-refractivity contribution in [3.05, 3.63) is 34.6 Å². The molecule has 128 valence electrons. The highest BCUT2D eigenvalue weighted by atomic mass is 35.5. The molecule has 1 aromatic carbocycles. The molecule has 23 heavy (non-hydrogen) atoms. The van der Waals surface area contributed by atoms with Crippen molar-refractivity contribution in [3.63, 3.8) is 0 Å². The molecule has 2 rings (SSSR count). The number of nitrogens with one attached hydrogen (secondary N) is 1. The SMILES string of the molecule is CCN(CC)C(=O)C1(NCc2c(F)cccc2Cl)CCCCC1. The highest BCUT2D eigenvalue weighted by molar-refractivity contribution is 6.31. The molecule has 1 amide bonds. The van der Waals surface area contributed by atoms with Gasteiger partial charge in [-0.3, -0.25) is 10.1 Å². The van der Waals surface area contributed by atoms with Crippen LogP contribution in [-0.2, 0) is 11.3 Å². The fraction of sp³-hybridized carbons (Fsp3) is 0.611. The minimum Gasteiger partial charge on any atom is -0.342 e. The first kappa shape index (κ1) is 18.2. The Hall–Kier alpha value is -1.13. The Morgan fingerprint density at radius 2 is 1.91 bits per heavy atom. The zero-order chi connectivity index (χ0) is 16.9. The van der Waals surface area contributed by atoms with Crippen LogP contribution < -0.4 is 5.32 Å². The molecule has 1 saturated carbocycles. The van der Waals surface area contributed by atoms with E-state index in [2.05, 4.69) is 5.32 Å². The Kier molecular flexibility index (Phi) is 6.42. The third-order valence-electron chi connectivity index (χ3n) is 4.83. The molecule has 1 aliphatic carbocycles. The number of benzene rings is 1. The van der Waals surface area contributed by atoms with Crippen LogP contribution in [0.3, 0.4) is 0 Å². The number of amides is 1. The van der Waals surface area contributed by atoms with Crippen molar-refractivity contribution >= 4 is 17.5 Å². The fourth-order valence-corrected chi connectivity index (χ4v) is 3.62. The van der Waals surface area contributed by atoms with Crippen molar-refractivity contribution in [3.8, 4) is 0 Å². The van der Waals surface area contributed by atoms with E-state index < -0.39 is 5.54 Å². The summed E-state index contributed by atoms with van der Waals surface area (Å²) >= 11 is 6.11. The molecule has 1 aromatic rings. The summed E-state index contributed by atoms with van der Waals surface area (Å²) in [6.07, 6.45) is 4.79. The summed E-state index contributed by atoms with van der Waals surface area (Å²) in [6, 6.07) is 4.68. The third kappa shape index (κ3) is 4.04. The Morgan fingerprint density at radius 1 is 1.26 bits per heavy atom. The van der Waals surface area contributed by atoms with E-state index >= 15 is 0 Å². The topological polar surface area (TPSA) is 32.3 Å². The van der Waals surface area contributed by atoms with Crippen LogP contribution in [0.25, 0.3) is 0 Å². The van der Waals surface area contributed by atoms with E-state index in [0.29, 0.717) is 23.7 Å². The van der Waals surface area contributed by atoms with Crippen LogP contribution in [-0.4, -0.2) is 29.4 Å². The number of carbonyl (C=O) groups is 1. The Bertz CT molecular complexity index is 520. The summed E-state index contributed by atoms with van der Waals surface area (Å²) in [6.45, 7) is 5.65. The zero-order valence-corrected chi connectivity index (χ0v) is 14.8. The van der Waals surface area contributed by atoms with Crippen LogP contribution in [0.2, 0.25) is 5.02 Å². The smallest absolute Gasteiger partial charge is 0.242 e. The highest BCUT2D eigenvalue weighted by Gasteiger charge is 2.41. The summed E-state index contributed by atoms with van der Waals surface area (Å²) in [5.74, 6) is -0.194. The maximum Gasteiger partial charge on any atom is 0.242 e. The molecule has 0 spiro atoms. The number of halogens is 2. The molecule has 1 aliphatic rings. The van der Waals surface area contributed by atoms with Crippen LogP contribution in [0.15, 0.2) is 18.2 Å². The van der Waals surface area contributed by atoms with Crippen LogP contribution in [0.4, 0.5) is 4.39 Å².